The molecule has 1 fully saturated rings. The van der Waals surface area contributed by atoms with Gasteiger partial charge in [-0.1, -0.05) is 12.0 Å². The van der Waals surface area contributed by atoms with Crippen molar-refractivity contribution in [2.75, 3.05) is 25.1 Å². The maximum Gasteiger partial charge on any atom is 0.316 e. The van der Waals surface area contributed by atoms with Crippen molar-refractivity contribution in [2.45, 2.75) is 38.8 Å². The molecule has 1 saturated heterocycles. The van der Waals surface area contributed by atoms with Crippen LogP contribution >= 0.6 is 0 Å². The van der Waals surface area contributed by atoms with E-state index in [-0.39, 0.29) is 5.54 Å². The van der Waals surface area contributed by atoms with Crippen molar-refractivity contribution in [1.29, 1.82) is 0 Å². The molecule has 1 unspecified atom stereocenters. The molecule has 0 bridgehead atoms. The van der Waals surface area contributed by atoms with Gasteiger partial charge in [-0.3, -0.25) is 0 Å². The van der Waals surface area contributed by atoms with Crippen LogP contribution in [0.2, 0.25) is 0 Å². The van der Waals surface area contributed by atoms with Crippen LogP contribution in [-0.4, -0.2) is 35.5 Å². The molecule has 0 saturated carbocycles. The molecule has 6 nitrogen and oxygen atoms in total. The summed E-state index contributed by atoms with van der Waals surface area (Å²) in [4.78, 5) is 0. The lowest BCUT2D eigenvalue weighted by atomic mass is 9.95. The van der Waals surface area contributed by atoms with Gasteiger partial charge in [-0.25, -0.2) is 0 Å². The van der Waals surface area contributed by atoms with Gasteiger partial charge in [-0.05, 0) is 26.3 Å². The zero-order valence-electron chi connectivity index (χ0n) is 10.5. The lowest BCUT2D eigenvalue weighted by Crippen LogP contribution is -2.43. The maximum atomic E-state index is 5.50. The third-order valence-electron chi connectivity index (χ3n) is 2.84. The van der Waals surface area contributed by atoms with Crippen molar-refractivity contribution in [1.82, 2.24) is 15.5 Å². The van der Waals surface area contributed by atoms with Crippen LogP contribution in [0, 0.1) is 0 Å². The van der Waals surface area contributed by atoms with Gasteiger partial charge < -0.3 is 19.8 Å². The number of anilines is 1. The molecule has 0 aliphatic carbocycles. The highest BCUT2D eigenvalue weighted by Gasteiger charge is 2.29. The molecule has 0 spiro atoms. The molecule has 2 N–H and O–H groups in total. The number of rotatable bonds is 5. The predicted octanol–water partition coefficient (Wildman–Crippen LogP) is 1.16. The van der Waals surface area contributed by atoms with E-state index in [9.17, 15) is 0 Å². The van der Waals surface area contributed by atoms with E-state index in [0.717, 1.165) is 26.0 Å². The SMILES string of the molecule is CCNCc1nnc(NC2(C)CCCOC2)o1. The summed E-state index contributed by atoms with van der Waals surface area (Å²) in [6.45, 7) is 7.16. The Morgan fingerprint density at radius 3 is 3.00 bits per heavy atom. The summed E-state index contributed by atoms with van der Waals surface area (Å²) in [6, 6.07) is 0.478. The molecule has 0 amide bonds. The number of nitrogens with one attached hydrogen (secondary N) is 2. The van der Waals surface area contributed by atoms with Gasteiger partial charge in [-0.15, -0.1) is 5.10 Å². The normalized spacial score (nSPS) is 24.8. The minimum Gasteiger partial charge on any atom is -0.407 e. The van der Waals surface area contributed by atoms with Crippen LogP contribution < -0.4 is 10.6 Å². The zero-order chi connectivity index (χ0) is 12.1. The topological polar surface area (TPSA) is 72.2 Å². The Labute approximate surface area is 101 Å². The molecule has 1 aliphatic heterocycles. The number of ether oxygens (including phenoxy) is 1. The molecule has 96 valence electrons. The lowest BCUT2D eigenvalue weighted by molar-refractivity contribution is 0.0530. The van der Waals surface area contributed by atoms with Gasteiger partial charge in [0, 0.05) is 6.61 Å². The average molecular weight is 240 g/mol. The molecule has 1 aliphatic rings. The first-order valence-electron chi connectivity index (χ1n) is 6.11. The zero-order valence-corrected chi connectivity index (χ0v) is 10.5. The first-order chi connectivity index (χ1) is 8.22. The molecular formula is C11H20N4O2. The van der Waals surface area contributed by atoms with Crippen LogP contribution in [0.3, 0.4) is 0 Å². The molecule has 6 heteroatoms. The standard InChI is InChI=1S/C11H20N4O2/c1-3-12-7-9-14-15-10(17-9)13-11(2)5-4-6-16-8-11/h12H,3-8H2,1-2H3,(H,13,15). The minimum absolute atomic E-state index is 0.0970. The van der Waals surface area contributed by atoms with Crippen LogP contribution in [-0.2, 0) is 11.3 Å². The first kappa shape index (κ1) is 12.3. The van der Waals surface area contributed by atoms with Crippen molar-refractivity contribution < 1.29 is 9.15 Å². The van der Waals surface area contributed by atoms with Crippen molar-refractivity contribution in [3.05, 3.63) is 5.89 Å². The third-order valence-corrected chi connectivity index (χ3v) is 2.84. The van der Waals surface area contributed by atoms with E-state index in [4.69, 9.17) is 9.15 Å². The van der Waals surface area contributed by atoms with E-state index >= 15 is 0 Å². The van der Waals surface area contributed by atoms with E-state index in [0.29, 0.717) is 25.1 Å². The molecule has 17 heavy (non-hydrogen) atoms. The van der Waals surface area contributed by atoms with Gasteiger partial charge in [-0.2, -0.15) is 0 Å². The van der Waals surface area contributed by atoms with E-state index in [2.05, 4.69) is 27.8 Å². The highest BCUT2D eigenvalue weighted by atomic mass is 16.5. The summed E-state index contributed by atoms with van der Waals surface area (Å²) >= 11 is 0. The van der Waals surface area contributed by atoms with Gasteiger partial charge in [0.1, 0.15) is 0 Å². The maximum absolute atomic E-state index is 5.50. The van der Waals surface area contributed by atoms with Crippen molar-refractivity contribution in [3.8, 4) is 0 Å². The lowest BCUT2D eigenvalue weighted by Gasteiger charge is -2.33. The van der Waals surface area contributed by atoms with Crippen LogP contribution in [0.5, 0.6) is 0 Å². The quantitative estimate of drug-likeness (QED) is 0.804. The predicted molar refractivity (Wildman–Crippen MR) is 63.8 cm³/mol. The van der Waals surface area contributed by atoms with Crippen molar-refractivity contribution in [3.63, 3.8) is 0 Å². The molecule has 0 aromatic carbocycles. The summed E-state index contributed by atoms with van der Waals surface area (Å²) in [5.74, 6) is 0.606. The second-order valence-corrected chi connectivity index (χ2v) is 4.62. The van der Waals surface area contributed by atoms with Crippen molar-refractivity contribution in [2.24, 2.45) is 0 Å². The number of hydrogen-bond donors (Lipinski definition) is 2. The molecule has 0 radical (unpaired) electrons. The van der Waals surface area contributed by atoms with Gasteiger partial charge in [0.25, 0.3) is 0 Å². The molecule has 2 rings (SSSR count). The Kier molecular flexibility index (Phi) is 3.96. The second-order valence-electron chi connectivity index (χ2n) is 4.62. The summed E-state index contributed by atoms with van der Waals surface area (Å²) in [7, 11) is 0. The average Bonchev–Trinajstić information content (AvgIpc) is 2.74. The largest absolute Gasteiger partial charge is 0.407 e. The Morgan fingerprint density at radius 2 is 2.29 bits per heavy atom. The van der Waals surface area contributed by atoms with Crippen LogP contribution in [0.25, 0.3) is 0 Å². The summed E-state index contributed by atoms with van der Waals surface area (Å²) < 4.78 is 11.0. The first-order valence-corrected chi connectivity index (χ1v) is 6.11. The molecular weight excluding hydrogens is 220 g/mol. The fraction of sp³-hybridized carbons (Fsp3) is 0.818. The summed E-state index contributed by atoms with van der Waals surface area (Å²) in [5.41, 5.74) is -0.0970. The Bertz CT molecular complexity index is 347. The Morgan fingerprint density at radius 1 is 1.41 bits per heavy atom. The highest BCUT2D eigenvalue weighted by Crippen LogP contribution is 2.23. The van der Waals surface area contributed by atoms with Gasteiger partial charge in [0.2, 0.25) is 5.89 Å². The van der Waals surface area contributed by atoms with Crippen LogP contribution in [0.1, 0.15) is 32.6 Å². The molecule has 2 heterocycles. The fourth-order valence-electron chi connectivity index (χ4n) is 1.90. The van der Waals surface area contributed by atoms with Gasteiger partial charge in [0.15, 0.2) is 0 Å². The van der Waals surface area contributed by atoms with Crippen molar-refractivity contribution >= 4 is 6.01 Å². The smallest absolute Gasteiger partial charge is 0.316 e. The fourth-order valence-corrected chi connectivity index (χ4v) is 1.90. The summed E-state index contributed by atoms with van der Waals surface area (Å²) in [6.07, 6.45) is 2.11. The number of nitrogens with zero attached hydrogens (tertiary/aromatic N) is 2. The highest BCUT2D eigenvalue weighted by molar-refractivity contribution is 5.24. The van der Waals surface area contributed by atoms with Crippen LogP contribution in [0.15, 0.2) is 4.42 Å². The van der Waals surface area contributed by atoms with Gasteiger partial charge in [0.05, 0.1) is 18.7 Å². The minimum atomic E-state index is -0.0970. The number of aromatic nitrogens is 2. The monoisotopic (exact) mass is 240 g/mol. The van der Waals surface area contributed by atoms with Crippen LogP contribution in [0.4, 0.5) is 6.01 Å². The van der Waals surface area contributed by atoms with E-state index in [1.165, 1.54) is 0 Å². The van der Waals surface area contributed by atoms with E-state index in [1.807, 2.05) is 6.92 Å². The Hall–Kier alpha value is -1.14. The third kappa shape index (κ3) is 3.41. The number of hydrogen-bond acceptors (Lipinski definition) is 6. The molecule has 1 aromatic heterocycles. The van der Waals surface area contributed by atoms with E-state index < -0.39 is 0 Å². The summed E-state index contributed by atoms with van der Waals surface area (Å²) in [5, 5.41) is 14.4. The van der Waals surface area contributed by atoms with E-state index in [1.54, 1.807) is 0 Å². The molecule has 1 aromatic rings. The second kappa shape index (κ2) is 5.46. The molecule has 1 atom stereocenters. The Balaban J connectivity index is 1.91. The van der Waals surface area contributed by atoms with Gasteiger partial charge >= 0.3 is 6.01 Å².